The van der Waals surface area contributed by atoms with Crippen molar-refractivity contribution in [1.82, 2.24) is 9.80 Å². The SMILES string of the molecule is CN1CCN(Cc2ccc(NC(=O)c3cc4cc(Br)ccc4oc3=O)cc2Cl)CC1. The summed E-state index contributed by atoms with van der Waals surface area (Å²) in [5.41, 5.74) is 1.23. The third-order valence-electron chi connectivity index (χ3n) is 5.24. The van der Waals surface area contributed by atoms with E-state index in [4.69, 9.17) is 16.0 Å². The van der Waals surface area contributed by atoms with Gasteiger partial charge in [-0.1, -0.05) is 33.6 Å². The van der Waals surface area contributed by atoms with Crippen LogP contribution in [0.2, 0.25) is 5.02 Å². The van der Waals surface area contributed by atoms with Crippen LogP contribution in [0.25, 0.3) is 11.0 Å². The van der Waals surface area contributed by atoms with Crippen molar-refractivity contribution in [3.63, 3.8) is 0 Å². The van der Waals surface area contributed by atoms with E-state index < -0.39 is 11.5 Å². The summed E-state index contributed by atoms with van der Waals surface area (Å²) in [7, 11) is 2.12. The number of carbonyl (C=O) groups excluding carboxylic acids is 1. The first-order chi connectivity index (χ1) is 14.4. The maximum atomic E-state index is 12.7. The van der Waals surface area contributed by atoms with Crippen molar-refractivity contribution in [2.24, 2.45) is 0 Å². The number of likely N-dealkylation sites (N-methyl/N-ethyl adjacent to an activating group) is 1. The molecule has 1 aromatic heterocycles. The van der Waals surface area contributed by atoms with Crippen LogP contribution in [-0.4, -0.2) is 48.9 Å². The molecule has 0 radical (unpaired) electrons. The third kappa shape index (κ3) is 4.75. The molecule has 1 aliphatic rings. The van der Waals surface area contributed by atoms with E-state index in [2.05, 4.69) is 38.1 Å². The Morgan fingerprint density at radius 1 is 1.13 bits per heavy atom. The Labute approximate surface area is 187 Å². The number of anilines is 1. The second kappa shape index (κ2) is 8.89. The molecule has 4 rings (SSSR count). The number of rotatable bonds is 4. The highest BCUT2D eigenvalue weighted by atomic mass is 79.9. The summed E-state index contributed by atoms with van der Waals surface area (Å²) in [5, 5.41) is 3.99. The molecule has 0 atom stereocenters. The van der Waals surface area contributed by atoms with Crippen LogP contribution in [-0.2, 0) is 6.54 Å². The van der Waals surface area contributed by atoms with Crippen molar-refractivity contribution in [3.05, 3.63) is 73.5 Å². The van der Waals surface area contributed by atoms with Crippen molar-refractivity contribution in [2.75, 3.05) is 38.5 Å². The summed E-state index contributed by atoms with van der Waals surface area (Å²) in [6.45, 7) is 4.84. The van der Waals surface area contributed by atoms with Gasteiger partial charge in [0.1, 0.15) is 11.1 Å². The molecule has 0 spiro atoms. The lowest BCUT2D eigenvalue weighted by atomic mass is 10.1. The molecule has 0 saturated carbocycles. The average molecular weight is 491 g/mol. The molecule has 6 nitrogen and oxygen atoms in total. The van der Waals surface area contributed by atoms with Gasteiger partial charge in [-0.15, -0.1) is 0 Å². The summed E-state index contributed by atoms with van der Waals surface area (Å²) in [5.74, 6) is -0.534. The summed E-state index contributed by atoms with van der Waals surface area (Å²) in [6.07, 6.45) is 0. The fourth-order valence-corrected chi connectivity index (χ4v) is 4.07. The predicted molar refractivity (Wildman–Crippen MR) is 122 cm³/mol. The zero-order chi connectivity index (χ0) is 21.3. The first-order valence-corrected chi connectivity index (χ1v) is 10.8. The molecule has 1 N–H and O–H groups in total. The molecule has 1 fully saturated rings. The number of nitrogens with zero attached hydrogens (tertiary/aromatic N) is 2. The number of benzene rings is 2. The molecule has 0 aliphatic carbocycles. The van der Waals surface area contributed by atoms with Crippen molar-refractivity contribution < 1.29 is 9.21 Å². The van der Waals surface area contributed by atoms with E-state index in [1.54, 1.807) is 30.3 Å². The summed E-state index contributed by atoms with van der Waals surface area (Å²) < 4.78 is 6.10. The first-order valence-electron chi connectivity index (χ1n) is 9.63. The largest absolute Gasteiger partial charge is 0.422 e. The van der Waals surface area contributed by atoms with Gasteiger partial charge in [0.2, 0.25) is 0 Å². The summed E-state index contributed by atoms with van der Waals surface area (Å²) in [4.78, 5) is 29.6. The van der Waals surface area contributed by atoms with Crippen LogP contribution in [0.4, 0.5) is 5.69 Å². The number of nitrogens with one attached hydrogen (secondary N) is 1. The smallest absolute Gasteiger partial charge is 0.349 e. The van der Waals surface area contributed by atoms with Crippen LogP contribution in [0.1, 0.15) is 15.9 Å². The fourth-order valence-electron chi connectivity index (χ4n) is 3.45. The van der Waals surface area contributed by atoms with E-state index in [9.17, 15) is 9.59 Å². The summed E-state index contributed by atoms with van der Waals surface area (Å²) in [6, 6.07) is 12.2. The van der Waals surface area contributed by atoms with E-state index in [0.717, 1.165) is 42.8 Å². The number of hydrogen-bond donors (Lipinski definition) is 1. The predicted octanol–water partition coefficient (Wildman–Crippen LogP) is 4.21. The summed E-state index contributed by atoms with van der Waals surface area (Å²) >= 11 is 9.84. The van der Waals surface area contributed by atoms with Gasteiger partial charge in [-0.25, -0.2) is 4.79 Å². The van der Waals surface area contributed by atoms with Gasteiger partial charge in [0.05, 0.1) is 0 Å². The van der Waals surface area contributed by atoms with Gasteiger partial charge in [-0.3, -0.25) is 9.69 Å². The monoisotopic (exact) mass is 489 g/mol. The van der Waals surface area contributed by atoms with Gasteiger partial charge in [0.15, 0.2) is 0 Å². The molecule has 2 heterocycles. The third-order valence-corrected chi connectivity index (χ3v) is 6.08. The minimum Gasteiger partial charge on any atom is -0.422 e. The van der Waals surface area contributed by atoms with Crippen LogP contribution in [0.5, 0.6) is 0 Å². The molecular weight excluding hydrogens is 470 g/mol. The van der Waals surface area contributed by atoms with Gasteiger partial charge < -0.3 is 14.6 Å². The number of amides is 1. The van der Waals surface area contributed by atoms with Gasteiger partial charge in [0.25, 0.3) is 5.91 Å². The highest BCUT2D eigenvalue weighted by molar-refractivity contribution is 9.10. The number of fused-ring (bicyclic) bond motifs is 1. The Balaban J connectivity index is 1.49. The quantitative estimate of drug-likeness (QED) is 0.555. The molecule has 1 aliphatic heterocycles. The van der Waals surface area contributed by atoms with Gasteiger partial charge in [0, 0.05) is 53.3 Å². The van der Waals surface area contributed by atoms with Gasteiger partial charge in [-0.2, -0.15) is 0 Å². The molecule has 0 unspecified atom stereocenters. The molecule has 1 amide bonds. The van der Waals surface area contributed by atoms with Crippen LogP contribution in [0.3, 0.4) is 0 Å². The molecule has 3 aromatic rings. The average Bonchev–Trinajstić information content (AvgIpc) is 2.71. The van der Waals surface area contributed by atoms with E-state index in [1.165, 1.54) is 6.07 Å². The molecular formula is C22H21BrClN3O3. The lowest BCUT2D eigenvalue weighted by molar-refractivity contribution is 0.102. The van der Waals surface area contributed by atoms with Crippen LogP contribution in [0, 0.1) is 0 Å². The number of carbonyl (C=O) groups is 1. The zero-order valence-corrected chi connectivity index (χ0v) is 18.8. The van der Waals surface area contributed by atoms with E-state index in [-0.39, 0.29) is 5.56 Å². The Morgan fingerprint density at radius 2 is 1.90 bits per heavy atom. The molecule has 2 aromatic carbocycles. The van der Waals surface area contributed by atoms with Crippen molar-refractivity contribution in [3.8, 4) is 0 Å². The molecule has 1 saturated heterocycles. The highest BCUT2D eigenvalue weighted by Crippen LogP contribution is 2.24. The van der Waals surface area contributed by atoms with Crippen molar-refractivity contribution in [2.45, 2.75) is 6.54 Å². The Morgan fingerprint density at radius 3 is 2.63 bits per heavy atom. The standard InChI is InChI=1S/C22H21BrClN3O3/c1-26-6-8-27(9-7-26)13-14-2-4-17(12-19(14)24)25-21(28)18-11-15-10-16(23)3-5-20(15)30-22(18)29/h2-5,10-12H,6-9,13H2,1H3,(H,25,28). The van der Waals surface area contributed by atoms with Crippen molar-refractivity contribution >= 4 is 50.1 Å². The minimum absolute atomic E-state index is 0.0572. The Bertz CT molecular complexity index is 1160. The lowest BCUT2D eigenvalue weighted by Crippen LogP contribution is -2.43. The maximum absolute atomic E-state index is 12.7. The van der Waals surface area contributed by atoms with Crippen LogP contribution < -0.4 is 10.9 Å². The molecule has 156 valence electrons. The lowest BCUT2D eigenvalue weighted by Gasteiger charge is -2.32. The highest BCUT2D eigenvalue weighted by Gasteiger charge is 2.17. The number of hydrogen-bond acceptors (Lipinski definition) is 5. The van der Waals surface area contributed by atoms with E-state index >= 15 is 0 Å². The van der Waals surface area contributed by atoms with E-state index in [0.29, 0.717) is 21.7 Å². The van der Waals surface area contributed by atoms with E-state index in [1.807, 2.05) is 6.07 Å². The first kappa shape index (κ1) is 21.1. The second-order valence-corrected chi connectivity index (χ2v) is 8.79. The fraction of sp³-hybridized carbons (Fsp3) is 0.273. The molecule has 8 heteroatoms. The minimum atomic E-state index is -0.680. The topological polar surface area (TPSA) is 65.8 Å². The van der Waals surface area contributed by atoms with Gasteiger partial charge >= 0.3 is 5.63 Å². The van der Waals surface area contributed by atoms with Gasteiger partial charge in [-0.05, 0) is 49.0 Å². The number of halogens is 2. The zero-order valence-electron chi connectivity index (χ0n) is 16.5. The normalized spacial score (nSPS) is 15.4. The van der Waals surface area contributed by atoms with Crippen LogP contribution >= 0.6 is 27.5 Å². The molecule has 30 heavy (non-hydrogen) atoms. The Kier molecular flexibility index (Phi) is 6.24. The molecule has 0 bridgehead atoms. The number of piperazine rings is 1. The second-order valence-electron chi connectivity index (χ2n) is 7.47. The van der Waals surface area contributed by atoms with Crippen molar-refractivity contribution in [1.29, 1.82) is 0 Å². The Hall–Kier alpha value is -2.19. The maximum Gasteiger partial charge on any atom is 0.349 e. The van der Waals surface area contributed by atoms with Crippen LogP contribution in [0.15, 0.2) is 56.1 Å².